The molecule has 0 bridgehead atoms. The van der Waals surface area contributed by atoms with Crippen LogP contribution in [0, 0.1) is 10.8 Å². The first-order chi connectivity index (χ1) is 11.7. The summed E-state index contributed by atoms with van der Waals surface area (Å²) in [4.78, 5) is 16.5. The van der Waals surface area contributed by atoms with Crippen LogP contribution < -0.4 is 0 Å². The van der Waals surface area contributed by atoms with Crippen molar-refractivity contribution in [2.75, 3.05) is 19.3 Å². The lowest BCUT2D eigenvalue weighted by Gasteiger charge is -2.36. The Bertz CT molecular complexity index is 576. The average Bonchev–Trinajstić information content (AvgIpc) is 2.50. The van der Waals surface area contributed by atoms with Gasteiger partial charge in [0.1, 0.15) is 0 Å². The standard InChI is InChI=1S/C23H39NOS/c1-21(2,3)14-16-24(9)23(7,8)20(25)18-10-12-19(13-11-18)26-17-15-22(4,5)6/h10-13H,14-17H2,1-9H3. The topological polar surface area (TPSA) is 20.3 Å². The fourth-order valence-corrected chi connectivity index (χ4v) is 3.77. The number of hydrogen-bond donors (Lipinski definition) is 0. The summed E-state index contributed by atoms with van der Waals surface area (Å²) in [5.74, 6) is 1.30. The first-order valence-electron chi connectivity index (χ1n) is 9.71. The highest BCUT2D eigenvalue weighted by atomic mass is 32.2. The van der Waals surface area contributed by atoms with E-state index in [0.29, 0.717) is 5.41 Å². The molecule has 0 atom stereocenters. The number of Topliss-reactive ketones (excluding diaryl/α,β-unsaturated/α-hetero) is 1. The Hall–Kier alpha value is -0.800. The summed E-state index contributed by atoms with van der Waals surface area (Å²) in [7, 11) is 2.06. The highest BCUT2D eigenvalue weighted by Gasteiger charge is 2.33. The number of likely N-dealkylation sites (N-methyl/N-ethyl adjacent to an activating group) is 1. The molecule has 0 saturated heterocycles. The van der Waals surface area contributed by atoms with Gasteiger partial charge < -0.3 is 0 Å². The van der Waals surface area contributed by atoms with Gasteiger partial charge in [-0.25, -0.2) is 0 Å². The second-order valence-corrected chi connectivity index (χ2v) is 11.5. The molecular formula is C23H39NOS. The zero-order valence-electron chi connectivity index (χ0n) is 18.4. The van der Waals surface area contributed by atoms with E-state index >= 15 is 0 Å². The van der Waals surface area contributed by atoms with Gasteiger partial charge in [-0.05, 0) is 69.0 Å². The molecular weight excluding hydrogens is 338 g/mol. The number of thioether (sulfide) groups is 1. The molecule has 0 heterocycles. The van der Waals surface area contributed by atoms with Crippen LogP contribution in [0.4, 0.5) is 0 Å². The molecule has 0 aliphatic heterocycles. The Kier molecular flexibility index (Phi) is 7.98. The highest BCUT2D eigenvalue weighted by molar-refractivity contribution is 7.99. The number of nitrogens with zero attached hydrogens (tertiary/aromatic N) is 1. The van der Waals surface area contributed by atoms with Gasteiger partial charge in [-0.2, -0.15) is 0 Å². The Morgan fingerprint density at radius 3 is 1.85 bits per heavy atom. The van der Waals surface area contributed by atoms with Crippen LogP contribution in [0.25, 0.3) is 0 Å². The molecule has 148 valence electrons. The van der Waals surface area contributed by atoms with Crippen LogP contribution in [0.2, 0.25) is 0 Å². The Balaban J connectivity index is 2.70. The molecule has 0 saturated carbocycles. The van der Waals surface area contributed by atoms with E-state index in [0.717, 1.165) is 24.3 Å². The van der Waals surface area contributed by atoms with Crippen LogP contribution in [0.15, 0.2) is 29.2 Å². The predicted molar refractivity (Wildman–Crippen MR) is 116 cm³/mol. The van der Waals surface area contributed by atoms with Crippen LogP contribution in [-0.4, -0.2) is 35.6 Å². The van der Waals surface area contributed by atoms with E-state index in [-0.39, 0.29) is 11.2 Å². The maximum atomic E-state index is 13.0. The summed E-state index contributed by atoms with van der Waals surface area (Å²) >= 11 is 1.87. The van der Waals surface area contributed by atoms with Gasteiger partial charge in [0, 0.05) is 10.5 Å². The van der Waals surface area contributed by atoms with Crippen molar-refractivity contribution in [1.29, 1.82) is 0 Å². The van der Waals surface area contributed by atoms with Gasteiger partial charge in [-0.3, -0.25) is 9.69 Å². The Labute approximate surface area is 166 Å². The van der Waals surface area contributed by atoms with Crippen LogP contribution in [0.3, 0.4) is 0 Å². The Morgan fingerprint density at radius 2 is 1.38 bits per heavy atom. The average molecular weight is 378 g/mol. The molecule has 1 aromatic rings. The van der Waals surface area contributed by atoms with Crippen LogP contribution >= 0.6 is 11.8 Å². The lowest BCUT2D eigenvalue weighted by molar-refractivity contribution is 0.0682. The molecule has 0 fully saturated rings. The molecule has 0 radical (unpaired) electrons. The second-order valence-electron chi connectivity index (χ2n) is 10.3. The van der Waals surface area contributed by atoms with Gasteiger partial charge in [-0.1, -0.05) is 53.7 Å². The Morgan fingerprint density at radius 1 is 0.885 bits per heavy atom. The third-order valence-electron chi connectivity index (χ3n) is 4.94. The summed E-state index contributed by atoms with van der Waals surface area (Å²) in [6.45, 7) is 18.5. The summed E-state index contributed by atoms with van der Waals surface area (Å²) in [6, 6.07) is 8.15. The largest absolute Gasteiger partial charge is 0.294 e. The van der Waals surface area contributed by atoms with Crippen molar-refractivity contribution in [2.45, 2.75) is 78.7 Å². The minimum Gasteiger partial charge on any atom is -0.294 e. The monoisotopic (exact) mass is 377 g/mol. The molecule has 1 aromatic carbocycles. The number of carbonyl (C=O) groups is 1. The zero-order chi connectivity index (χ0) is 20.2. The number of benzene rings is 1. The van der Waals surface area contributed by atoms with E-state index in [1.807, 2.05) is 37.7 Å². The molecule has 0 spiro atoms. The van der Waals surface area contributed by atoms with E-state index in [1.165, 1.54) is 11.3 Å². The minimum atomic E-state index is -0.494. The van der Waals surface area contributed by atoms with Gasteiger partial charge in [0.05, 0.1) is 5.54 Å². The molecule has 0 aliphatic carbocycles. The van der Waals surface area contributed by atoms with E-state index < -0.39 is 5.54 Å². The van der Waals surface area contributed by atoms with E-state index in [4.69, 9.17) is 0 Å². The smallest absolute Gasteiger partial charge is 0.182 e. The van der Waals surface area contributed by atoms with Crippen molar-refractivity contribution >= 4 is 17.5 Å². The van der Waals surface area contributed by atoms with Crippen molar-refractivity contribution in [3.05, 3.63) is 29.8 Å². The summed E-state index contributed by atoms with van der Waals surface area (Å²) < 4.78 is 0. The van der Waals surface area contributed by atoms with Crippen LogP contribution in [0.5, 0.6) is 0 Å². The fraction of sp³-hybridized carbons (Fsp3) is 0.696. The second kappa shape index (κ2) is 8.93. The summed E-state index contributed by atoms with van der Waals surface area (Å²) in [5, 5.41) is 0. The predicted octanol–water partition coefficient (Wildman–Crippen LogP) is 6.54. The lowest BCUT2D eigenvalue weighted by Crippen LogP contribution is -2.48. The molecule has 0 amide bonds. The van der Waals surface area contributed by atoms with Crippen LogP contribution in [-0.2, 0) is 0 Å². The van der Waals surface area contributed by atoms with Gasteiger partial charge in [0.15, 0.2) is 5.78 Å². The molecule has 0 unspecified atom stereocenters. The van der Waals surface area contributed by atoms with E-state index in [1.54, 1.807) is 0 Å². The normalized spacial score (nSPS) is 13.3. The van der Waals surface area contributed by atoms with Crippen molar-refractivity contribution in [3.8, 4) is 0 Å². The van der Waals surface area contributed by atoms with E-state index in [2.05, 4.69) is 65.6 Å². The number of ketones is 1. The van der Waals surface area contributed by atoms with Crippen molar-refractivity contribution in [2.24, 2.45) is 10.8 Å². The number of carbonyl (C=O) groups excluding carboxylic acids is 1. The minimum absolute atomic E-state index is 0.195. The number of rotatable bonds is 8. The third-order valence-corrected chi connectivity index (χ3v) is 5.96. The third kappa shape index (κ3) is 7.84. The van der Waals surface area contributed by atoms with Gasteiger partial charge >= 0.3 is 0 Å². The quantitative estimate of drug-likeness (QED) is 0.379. The van der Waals surface area contributed by atoms with Crippen molar-refractivity contribution in [1.82, 2.24) is 4.90 Å². The SMILES string of the molecule is CN(CCC(C)(C)C)C(C)(C)C(=O)c1ccc(SCCC(C)(C)C)cc1. The van der Waals surface area contributed by atoms with Crippen molar-refractivity contribution in [3.63, 3.8) is 0 Å². The first-order valence-corrected chi connectivity index (χ1v) is 10.7. The molecule has 2 nitrogen and oxygen atoms in total. The van der Waals surface area contributed by atoms with Gasteiger partial charge in [-0.15, -0.1) is 11.8 Å². The molecule has 3 heteroatoms. The van der Waals surface area contributed by atoms with Crippen LogP contribution in [0.1, 0.15) is 78.6 Å². The van der Waals surface area contributed by atoms with E-state index in [9.17, 15) is 4.79 Å². The first kappa shape index (κ1) is 23.2. The molecule has 0 aliphatic rings. The summed E-state index contributed by atoms with van der Waals surface area (Å²) in [6.07, 6.45) is 2.26. The zero-order valence-corrected chi connectivity index (χ0v) is 19.2. The maximum Gasteiger partial charge on any atom is 0.182 e. The van der Waals surface area contributed by atoms with Gasteiger partial charge in [0.25, 0.3) is 0 Å². The fourth-order valence-electron chi connectivity index (χ4n) is 2.49. The molecule has 1 rings (SSSR count). The number of hydrogen-bond acceptors (Lipinski definition) is 3. The van der Waals surface area contributed by atoms with Crippen molar-refractivity contribution < 1.29 is 4.79 Å². The molecule has 26 heavy (non-hydrogen) atoms. The van der Waals surface area contributed by atoms with Gasteiger partial charge in [0.2, 0.25) is 0 Å². The molecule has 0 aromatic heterocycles. The summed E-state index contributed by atoms with van der Waals surface area (Å²) in [5.41, 5.74) is 0.952. The molecule has 0 N–H and O–H groups in total. The maximum absolute atomic E-state index is 13.0. The highest BCUT2D eigenvalue weighted by Crippen LogP contribution is 2.28. The lowest BCUT2D eigenvalue weighted by atomic mass is 9.88.